The zero-order valence-corrected chi connectivity index (χ0v) is 49.4. The molecule has 0 aromatic rings. The van der Waals surface area contributed by atoms with Crippen LogP contribution in [0.25, 0.3) is 0 Å². The normalized spacial score (nSPS) is 12.1. The number of rotatable bonds is 61. The summed E-state index contributed by atoms with van der Waals surface area (Å²) in [5.41, 5.74) is 0. The summed E-state index contributed by atoms with van der Waals surface area (Å²) >= 11 is 0. The first kappa shape index (κ1) is 70.9. The lowest BCUT2D eigenvalue weighted by Crippen LogP contribution is -2.30. The summed E-state index contributed by atoms with van der Waals surface area (Å²) in [5.74, 6) is -0.854. The molecule has 0 aliphatic heterocycles. The molecule has 73 heavy (non-hydrogen) atoms. The van der Waals surface area contributed by atoms with Crippen LogP contribution in [-0.4, -0.2) is 37.2 Å². The Labute approximate surface area is 455 Å². The Balaban J connectivity index is 4.30. The summed E-state index contributed by atoms with van der Waals surface area (Å²) < 4.78 is 17.0. The molecule has 0 unspecified atom stereocenters. The molecule has 0 rings (SSSR count). The molecule has 0 aliphatic carbocycles. The third kappa shape index (κ3) is 60.6. The van der Waals surface area contributed by atoms with Gasteiger partial charge in [-0.1, -0.05) is 321 Å². The third-order valence-corrected chi connectivity index (χ3v) is 15.0. The second-order valence-corrected chi connectivity index (χ2v) is 22.4. The lowest BCUT2D eigenvalue weighted by Gasteiger charge is -2.18. The Morgan fingerprint density at radius 2 is 0.493 bits per heavy atom. The zero-order chi connectivity index (χ0) is 52.9. The van der Waals surface area contributed by atoms with Gasteiger partial charge in [-0.25, -0.2) is 0 Å². The summed E-state index contributed by atoms with van der Waals surface area (Å²) in [5, 5.41) is 0. The molecule has 0 aromatic heterocycles. The van der Waals surface area contributed by atoms with Gasteiger partial charge in [-0.05, 0) is 51.4 Å². The Morgan fingerprint density at radius 3 is 0.781 bits per heavy atom. The zero-order valence-electron chi connectivity index (χ0n) is 49.4. The summed E-state index contributed by atoms with van der Waals surface area (Å²) in [6.45, 7) is 6.68. The van der Waals surface area contributed by atoms with Crippen LogP contribution in [-0.2, 0) is 28.6 Å². The topological polar surface area (TPSA) is 78.9 Å². The smallest absolute Gasteiger partial charge is 0.306 e. The van der Waals surface area contributed by atoms with Gasteiger partial charge < -0.3 is 14.2 Å². The van der Waals surface area contributed by atoms with Crippen molar-refractivity contribution in [1.29, 1.82) is 0 Å². The number of hydrogen-bond acceptors (Lipinski definition) is 6. The van der Waals surface area contributed by atoms with Crippen molar-refractivity contribution < 1.29 is 28.6 Å². The maximum atomic E-state index is 12.9. The number of ether oxygens (including phenoxy) is 3. The minimum atomic E-state index is -0.773. The third-order valence-electron chi connectivity index (χ3n) is 15.0. The van der Waals surface area contributed by atoms with E-state index < -0.39 is 6.10 Å². The fraction of sp³-hybridized carbons (Fsp3) is 0.896. The molecule has 0 saturated heterocycles. The van der Waals surface area contributed by atoms with E-state index in [1.54, 1.807) is 0 Å². The predicted octanol–water partition coefficient (Wildman–Crippen LogP) is 22.2. The van der Waals surface area contributed by atoms with Crippen molar-refractivity contribution >= 4 is 17.9 Å². The second-order valence-electron chi connectivity index (χ2n) is 22.4. The van der Waals surface area contributed by atoms with Crippen molar-refractivity contribution in [3.8, 4) is 0 Å². The molecule has 0 fully saturated rings. The van der Waals surface area contributed by atoms with Crippen molar-refractivity contribution in [2.75, 3.05) is 13.2 Å². The maximum Gasteiger partial charge on any atom is 0.306 e. The molecule has 0 heterocycles. The molecule has 430 valence electrons. The van der Waals surface area contributed by atoms with Crippen LogP contribution < -0.4 is 0 Å². The minimum absolute atomic E-state index is 0.0695. The lowest BCUT2D eigenvalue weighted by molar-refractivity contribution is -0.167. The second kappa shape index (κ2) is 62.4. The van der Waals surface area contributed by atoms with Crippen LogP contribution in [0.2, 0.25) is 0 Å². The predicted molar refractivity (Wildman–Crippen MR) is 316 cm³/mol. The summed E-state index contributed by atoms with van der Waals surface area (Å²) in [6.07, 6.45) is 74.7. The molecule has 0 aromatic carbocycles. The molecule has 0 spiro atoms. The first-order chi connectivity index (χ1) is 36.0. The van der Waals surface area contributed by atoms with Gasteiger partial charge >= 0.3 is 17.9 Å². The maximum absolute atomic E-state index is 12.9. The largest absolute Gasteiger partial charge is 0.462 e. The van der Waals surface area contributed by atoms with Gasteiger partial charge in [0.2, 0.25) is 0 Å². The minimum Gasteiger partial charge on any atom is -0.462 e. The van der Waals surface area contributed by atoms with Gasteiger partial charge in [-0.2, -0.15) is 0 Å². The first-order valence-electron chi connectivity index (χ1n) is 32.8. The van der Waals surface area contributed by atoms with E-state index in [0.717, 1.165) is 77.0 Å². The molecule has 0 amide bonds. The molecule has 0 aliphatic rings. The SMILES string of the molecule is CCCCC/C=C\C/C=C\CCCCCCCC(=O)OC[C@H](COC(=O)CCCCCCCCCCCCCCCCCCCCC)OC(=O)CCCCCCCCCCCCCCCCCCCCCCC. The lowest BCUT2D eigenvalue weighted by atomic mass is 10.0. The monoisotopic (exact) mass is 1030 g/mol. The number of carbonyl (C=O) groups excluding carboxylic acids is 3. The molecule has 0 N–H and O–H groups in total. The number of carbonyl (C=O) groups is 3. The van der Waals surface area contributed by atoms with Crippen molar-refractivity contribution in [2.24, 2.45) is 0 Å². The number of esters is 3. The van der Waals surface area contributed by atoms with Crippen LogP contribution in [0.5, 0.6) is 0 Å². The van der Waals surface area contributed by atoms with Crippen molar-refractivity contribution in [3.05, 3.63) is 24.3 Å². The summed E-state index contributed by atoms with van der Waals surface area (Å²) in [7, 11) is 0. The first-order valence-corrected chi connectivity index (χ1v) is 32.8. The highest BCUT2D eigenvalue weighted by molar-refractivity contribution is 5.71. The number of hydrogen-bond donors (Lipinski definition) is 0. The van der Waals surface area contributed by atoms with Crippen molar-refractivity contribution in [3.63, 3.8) is 0 Å². The van der Waals surface area contributed by atoms with Crippen LogP contribution in [0.15, 0.2) is 24.3 Å². The fourth-order valence-corrected chi connectivity index (χ4v) is 10.0. The Bertz CT molecular complexity index is 1180. The van der Waals surface area contributed by atoms with Gasteiger partial charge in [0.15, 0.2) is 6.10 Å². The van der Waals surface area contributed by atoms with Crippen LogP contribution >= 0.6 is 0 Å². The van der Waals surface area contributed by atoms with Crippen LogP contribution in [0.3, 0.4) is 0 Å². The van der Waals surface area contributed by atoms with Crippen molar-refractivity contribution in [2.45, 2.75) is 374 Å². The standard InChI is InChI=1S/C67H126O6/c1-4-7-10-13-16-19-22-25-28-30-32-33-35-37-40-43-46-49-52-55-58-61-67(70)73-64(62-71-65(68)59-56-53-50-47-44-41-38-27-24-21-18-15-12-9-6-3)63-72-66(69)60-57-54-51-48-45-42-39-36-34-31-29-26-23-20-17-14-11-8-5-2/h18,21,27,38,64H,4-17,19-20,22-26,28-37,39-63H2,1-3H3/b21-18-,38-27-/t64-/m1/s1. The van der Waals surface area contributed by atoms with E-state index in [4.69, 9.17) is 14.2 Å². The molecule has 0 bridgehead atoms. The van der Waals surface area contributed by atoms with Gasteiger partial charge in [-0.3, -0.25) is 14.4 Å². The summed E-state index contributed by atoms with van der Waals surface area (Å²) in [6, 6.07) is 0. The molecule has 6 nitrogen and oxygen atoms in total. The van der Waals surface area contributed by atoms with Gasteiger partial charge in [-0.15, -0.1) is 0 Å². The number of allylic oxidation sites excluding steroid dienone is 4. The average molecular weight is 1030 g/mol. The van der Waals surface area contributed by atoms with Crippen LogP contribution in [0.1, 0.15) is 367 Å². The summed E-state index contributed by atoms with van der Waals surface area (Å²) in [4.78, 5) is 38.3. The Kier molecular flexibility index (Phi) is 60.6. The van der Waals surface area contributed by atoms with Crippen molar-refractivity contribution in [1.82, 2.24) is 0 Å². The number of unbranched alkanes of at least 4 members (excludes halogenated alkanes) is 46. The Morgan fingerprint density at radius 1 is 0.274 bits per heavy atom. The quantitative estimate of drug-likeness (QED) is 0.0261. The molecule has 1 atom stereocenters. The highest BCUT2D eigenvalue weighted by Gasteiger charge is 2.19. The van der Waals surface area contributed by atoms with E-state index >= 15 is 0 Å². The van der Waals surface area contributed by atoms with E-state index in [1.165, 1.54) is 250 Å². The van der Waals surface area contributed by atoms with Gasteiger partial charge in [0.25, 0.3) is 0 Å². The van der Waals surface area contributed by atoms with E-state index in [9.17, 15) is 14.4 Å². The van der Waals surface area contributed by atoms with Gasteiger partial charge in [0.05, 0.1) is 0 Å². The highest BCUT2D eigenvalue weighted by Crippen LogP contribution is 2.18. The highest BCUT2D eigenvalue weighted by atomic mass is 16.6. The van der Waals surface area contributed by atoms with E-state index in [1.807, 2.05) is 0 Å². The van der Waals surface area contributed by atoms with Gasteiger partial charge in [0, 0.05) is 19.3 Å². The van der Waals surface area contributed by atoms with E-state index in [2.05, 4.69) is 45.1 Å². The van der Waals surface area contributed by atoms with E-state index in [-0.39, 0.29) is 31.1 Å². The molecule has 0 radical (unpaired) electrons. The molecular weight excluding hydrogens is 901 g/mol. The molecule has 6 heteroatoms. The van der Waals surface area contributed by atoms with Crippen LogP contribution in [0, 0.1) is 0 Å². The Hall–Kier alpha value is -2.11. The van der Waals surface area contributed by atoms with Crippen LogP contribution in [0.4, 0.5) is 0 Å². The van der Waals surface area contributed by atoms with Gasteiger partial charge in [0.1, 0.15) is 13.2 Å². The average Bonchev–Trinajstić information content (AvgIpc) is 3.39. The van der Waals surface area contributed by atoms with E-state index in [0.29, 0.717) is 19.3 Å². The fourth-order valence-electron chi connectivity index (χ4n) is 10.0. The molecular formula is C67H126O6. The molecule has 0 saturated carbocycles.